The van der Waals surface area contributed by atoms with Crippen LogP contribution in [0.15, 0.2) is 41.8 Å². The maximum atomic E-state index is 12.5. The van der Waals surface area contributed by atoms with Gasteiger partial charge in [-0.1, -0.05) is 11.2 Å². The normalized spacial score (nSPS) is 15.4. The van der Waals surface area contributed by atoms with Crippen molar-refractivity contribution in [2.45, 2.75) is 25.8 Å². The Morgan fingerprint density at radius 1 is 1.28 bits per heavy atom. The second-order valence-electron chi connectivity index (χ2n) is 5.87. The molecule has 7 heteroatoms. The van der Waals surface area contributed by atoms with Crippen LogP contribution in [0.1, 0.15) is 34.7 Å². The molecule has 132 valence electrons. The number of fused-ring (bicyclic) bond motifs is 1. The fourth-order valence-corrected chi connectivity index (χ4v) is 3.34. The molecule has 0 bridgehead atoms. The number of phenols is 1. The standard InChI is InChI=1S/C18H19N3O3.ClH/c1-11-10-13(17(22)15-12(11)6-7-14(15)20-24)16(18(23)19-2)21-8-4-3-5-9-21;/h3-5,8-10,16H,6-7H2,1-2H3,(H2-,19,20,22,23,24);1H. The monoisotopic (exact) mass is 361 g/mol. The van der Waals surface area contributed by atoms with Crippen molar-refractivity contribution in [3.05, 3.63) is 58.9 Å². The van der Waals surface area contributed by atoms with Crippen molar-refractivity contribution in [1.82, 2.24) is 5.32 Å². The summed E-state index contributed by atoms with van der Waals surface area (Å²) < 4.78 is 1.74. The molecule has 1 aliphatic carbocycles. The molecule has 0 fully saturated rings. The second-order valence-corrected chi connectivity index (χ2v) is 5.87. The van der Waals surface area contributed by atoms with Gasteiger partial charge in [0.05, 0.1) is 11.3 Å². The molecule has 1 amide bonds. The van der Waals surface area contributed by atoms with Gasteiger partial charge < -0.3 is 28.0 Å². The summed E-state index contributed by atoms with van der Waals surface area (Å²) in [5, 5.41) is 26.0. The third-order valence-electron chi connectivity index (χ3n) is 4.51. The molecule has 0 saturated carbocycles. The summed E-state index contributed by atoms with van der Waals surface area (Å²) in [6.07, 6.45) is 4.86. The van der Waals surface area contributed by atoms with Crippen molar-refractivity contribution in [3.63, 3.8) is 0 Å². The predicted octanol–water partition coefficient (Wildman–Crippen LogP) is -1.55. The lowest BCUT2D eigenvalue weighted by atomic mass is 9.94. The van der Waals surface area contributed by atoms with Gasteiger partial charge in [-0.2, -0.15) is 4.57 Å². The lowest BCUT2D eigenvalue weighted by molar-refractivity contribution is -0.700. The number of rotatable bonds is 3. The molecule has 1 aliphatic rings. The van der Waals surface area contributed by atoms with Gasteiger partial charge in [0.25, 0.3) is 11.9 Å². The van der Waals surface area contributed by atoms with Gasteiger partial charge in [-0.05, 0) is 37.0 Å². The molecule has 3 rings (SSSR count). The Kier molecular flexibility index (Phi) is 5.64. The van der Waals surface area contributed by atoms with E-state index in [-0.39, 0.29) is 24.1 Å². The lowest BCUT2D eigenvalue weighted by Gasteiger charge is -2.16. The van der Waals surface area contributed by atoms with Crippen molar-refractivity contribution in [1.29, 1.82) is 0 Å². The first-order valence-electron chi connectivity index (χ1n) is 7.82. The van der Waals surface area contributed by atoms with Gasteiger partial charge in [-0.25, -0.2) is 0 Å². The second kappa shape index (κ2) is 7.53. The zero-order valence-corrected chi connectivity index (χ0v) is 14.8. The van der Waals surface area contributed by atoms with Crippen LogP contribution in [0, 0.1) is 6.92 Å². The van der Waals surface area contributed by atoms with Gasteiger partial charge in [-0.3, -0.25) is 4.79 Å². The van der Waals surface area contributed by atoms with Crippen molar-refractivity contribution in [2.24, 2.45) is 5.16 Å². The number of hydrogen-bond acceptors (Lipinski definition) is 4. The largest absolute Gasteiger partial charge is 1.00 e. The number of aryl methyl sites for hydroxylation is 1. The first-order chi connectivity index (χ1) is 11.6. The van der Waals surface area contributed by atoms with E-state index in [1.165, 1.54) is 0 Å². The Hall–Kier alpha value is -2.60. The zero-order valence-electron chi connectivity index (χ0n) is 14.0. The van der Waals surface area contributed by atoms with Crippen molar-refractivity contribution < 1.29 is 32.1 Å². The minimum Gasteiger partial charge on any atom is -1.00 e. The number of pyridine rings is 1. The number of nitrogens with zero attached hydrogens (tertiary/aromatic N) is 2. The molecule has 25 heavy (non-hydrogen) atoms. The molecule has 6 nitrogen and oxygen atoms in total. The topological polar surface area (TPSA) is 85.8 Å². The van der Waals surface area contributed by atoms with Crippen LogP contribution in [-0.2, 0) is 11.2 Å². The van der Waals surface area contributed by atoms with Gasteiger partial charge in [0.15, 0.2) is 12.4 Å². The molecule has 1 atom stereocenters. The highest BCUT2D eigenvalue weighted by Gasteiger charge is 2.35. The van der Waals surface area contributed by atoms with E-state index in [0.717, 1.165) is 17.5 Å². The Balaban J connectivity index is 0.00000225. The van der Waals surface area contributed by atoms with Crippen LogP contribution < -0.4 is 22.3 Å². The van der Waals surface area contributed by atoms with E-state index < -0.39 is 6.04 Å². The fourth-order valence-electron chi connectivity index (χ4n) is 3.34. The average molecular weight is 362 g/mol. The Morgan fingerprint density at radius 2 is 1.96 bits per heavy atom. The number of carbonyl (C=O) groups is 1. The molecule has 2 aromatic rings. The molecule has 1 aromatic heterocycles. The summed E-state index contributed by atoms with van der Waals surface area (Å²) in [5.74, 6) is -0.229. The minimum atomic E-state index is -0.708. The number of oxime groups is 1. The molecule has 1 heterocycles. The predicted molar refractivity (Wildman–Crippen MR) is 88.3 cm³/mol. The first kappa shape index (κ1) is 18.7. The van der Waals surface area contributed by atoms with Crippen LogP contribution in [0.4, 0.5) is 0 Å². The smallest absolute Gasteiger partial charge is 0.293 e. The molecular formula is C18H20ClN3O3. The van der Waals surface area contributed by atoms with Crippen LogP contribution in [-0.4, -0.2) is 29.0 Å². The van der Waals surface area contributed by atoms with Gasteiger partial charge in [0, 0.05) is 24.7 Å². The van der Waals surface area contributed by atoms with Crippen molar-refractivity contribution >= 4 is 11.6 Å². The van der Waals surface area contributed by atoms with Crippen molar-refractivity contribution in [2.75, 3.05) is 7.05 Å². The molecule has 0 saturated heterocycles. The van der Waals surface area contributed by atoms with Crippen molar-refractivity contribution in [3.8, 4) is 5.75 Å². The molecule has 1 aromatic carbocycles. The van der Waals surface area contributed by atoms with Crippen LogP contribution in [0.25, 0.3) is 0 Å². The fraction of sp³-hybridized carbons (Fsp3) is 0.278. The van der Waals surface area contributed by atoms with E-state index >= 15 is 0 Å². The molecular weight excluding hydrogens is 342 g/mol. The molecule has 1 unspecified atom stereocenters. The third kappa shape index (κ3) is 3.17. The summed E-state index contributed by atoms with van der Waals surface area (Å²) in [6.45, 7) is 1.94. The number of hydrogen-bond donors (Lipinski definition) is 3. The maximum Gasteiger partial charge on any atom is 0.293 e. The number of aromatic nitrogens is 1. The number of likely N-dealkylation sites (N-methyl/N-ethyl adjacent to an activating group) is 1. The number of amides is 1. The van der Waals surface area contributed by atoms with E-state index in [1.807, 2.05) is 31.2 Å². The highest BCUT2D eigenvalue weighted by molar-refractivity contribution is 6.07. The summed E-state index contributed by atoms with van der Waals surface area (Å²) >= 11 is 0. The van der Waals surface area contributed by atoms with Gasteiger partial charge >= 0.3 is 0 Å². The quantitative estimate of drug-likeness (QED) is 0.351. The maximum absolute atomic E-state index is 12.5. The number of phenolic OH excluding ortho intramolecular Hbond substituents is 1. The van der Waals surface area contributed by atoms with Crippen LogP contribution in [0.5, 0.6) is 5.75 Å². The summed E-state index contributed by atoms with van der Waals surface area (Å²) in [5.41, 5.74) is 3.45. The molecule has 0 radical (unpaired) electrons. The van der Waals surface area contributed by atoms with E-state index in [4.69, 9.17) is 0 Å². The van der Waals surface area contributed by atoms with E-state index in [2.05, 4.69) is 10.5 Å². The number of halogens is 1. The SMILES string of the molecule is CNC(=O)C(c1cc(C)c2c(c1O)C(=NO)CC2)[n+]1ccccc1.[Cl-]. The first-order valence-corrected chi connectivity index (χ1v) is 7.82. The Labute approximate surface area is 152 Å². The van der Waals surface area contributed by atoms with Crippen LogP contribution in [0.2, 0.25) is 0 Å². The van der Waals surface area contributed by atoms with Gasteiger partial charge in [0.2, 0.25) is 0 Å². The summed E-state index contributed by atoms with van der Waals surface area (Å²) in [7, 11) is 1.57. The summed E-state index contributed by atoms with van der Waals surface area (Å²) in [6, 6.07) is 6.65. The van der Waals surface area contributed by atoms with Gasteiger partial charge in [-0.15, -0.1) is 0 Å². The number of aromatic hydroxyl groups is 1. The zero-order chi connectivity index (χ0) is 17.3. The average Bonchev–Trinajstić information content (AvgIpc) is 3.05. The number of benzene rings is 1. The Bertz CT molecular complexity index is 822. The highest BCUT2D eigenvalue weighted by atomic mass is 35.5. The number of nitrogens with one attached hydrogen (secondary N) is 1. The lowest BCUT2D eigenvalue weighted by Crippen LogP contribution is -3.00. The van der Waals surface area contributed by atoms with Crippen LogP contribution in [0.3, 0.4) is 0 Å². The molecule has 0 spiro atoms. The molecule has 3 N–H and O–H groups in total. The van der Waals surface area contributed by atoms with Crippen LogP contribution >= 0.6 is 0 Å². The third-order valence-corrected chi connectivity index (χ3v) is 4.51. The van der Waals surface area contributed by atoms with E-state index in [9.17, 15) is 15.1 Å². The highest BCUT2D eigenvalue weighted by Crippen LogP contribution is 2.38. The summed E-state index contributed by atoms with van der Waals surface area (Å²) in [4.78, 5) is 12.5. The number of carbonyl (C=O) groups excluding carboxylic acids is 1. The molecule has 0 aliphatic heterocycles. The van der Waals surface area contributed by atoms with E-state index in [0.29, 0.717) is 23.3 Å². The van der Waals surface area contributed by atoms with E-state index in [1.54, 1.807) is 24.0 Å². The minimum absolute atomic E-state index is 0. The Morgan fingerprint density at radius 3 is 2.56 bits per heavy atom. The van der Waals surface area contributed by atoms with Gasteiger partial charge in [0.1, 0.15) is 5.75 Å².